The van der Waals surface area contributed by atoms with E-state index in [4.69, 9.17) is 9.47 Å². The molecule has 1 aliphatic rings. The zero-order valence-corrected chi connectivity index (χ0v) is 19.3. The van der Waals surface area contributed by atoms with Crippen LogP contribution in [0.15, 0.2) is 119 Å². The molecule has 0 amide bonds. The fraction of sp³-hybridized carbons (Fsp3) is 0.172. The second-order valence-corrected chi connectivity index (χ2v) is 8.52. The second-order valence-electron chi connectivity index (χ2n) is 8.52. The number of hydrogen-bond acceptors (Lipinski definition) is 4. The summed E-state index contributed by atoms with van der Waals surface area (Å²) in [5, 5.41) is 0. The van der Waals surface area contributed by atoms with E-state index in [-0.39, 0.29) is 12.7 Å². The number of aromatic amines is 1. The van der Waals surface area contributed by atoms with Gasteiger partial charge in [0, 0.05) is 11.8 Å². The third-order valence-electron chi connectivity index (χ3n) is 6.23. The van der Waals surface area contributed by atoms with Crippen LogP contribution in [-0.4, -0.2) is 22.3 Å². The van der Waals surface area contributed by atoms with Crippen molar-refractivity contribution in [1.82, 2.24) is 9.55 Å². The quantitative estimate of drug-likeness (QED) is 0.325. The number of ether oxygens (including phenoxy) is 2. The molecular weight excluding hydrogens is 440 g/mol. The molecule has 0 saturated heterocycles. The topological polar surface area (TPSA) is 73.3 Å². The van der Waals surface area contributed by atoms with Crippen LogP contribution in [0.1, 0.15) is 28.5 Å². The lowest BCUT2D eigenvalue weighted by Crippen LogP contribution is -2.36. The molecule has 6 heteroatoms. The van der Waals surface area contributed by atoms with Gasteiger partial charge in [-0.15, -0.1) is 0 Å². The summed E-state index contributed by atoms with van der Waals surface area (Å²) in [7, 11) is 0. The maximum Gasteiger partial charge on any atom is 0.330 e. The minimum absolute atomic E-state index is 0.253. The molecule has 4 aromatic rings. The van der Waals surface area contributed by atoms with E-state index in [2.05, 4.69) is 41.4 Å². The number of aryl methyl sites for hydroxylation is 1. The molecule has 6 nitrogen and oxygen atoms in total. The molecule has 0 spiro atoms. The highest BCUT2D eigenvalue weighted by Gasteiger charge is 2.38. The lowest BCUT2D eigenvalue weighted by atomic mass is 9.80. The molecule has 35 heavy (non-hydrogen) atoms. The summed E-state index contributed by atoms with van der Waals surface area (Å²) < 4.78 is 14.3. The molecule has 1 N–H and O–H groups in total. The van der Waals surface area contributed by atoms with Gasteiger partial charge in [0.25, 0.3) is 5.56 Å². The number of H-pyrrole nitrogens is 1. The molecule has 2 atom stereocenters. The van der Waals surface area contributed by atoms with Gasteiger partial charge in [-0.25, -0.2) is 4.79 Å². The highest BCUT2D eigenvalue weighted by molar-refractivity contribution is 5.47. The lowest BCUT2D eigenvalue weighted by molar-refractivity contribution is -0.0685. The predicted octanol–water partition coefficient (Wildman–Crippen LogP) is 4.31. The molecule has 0 saturated carbocycles. The fourth-order valence-corrected chi connectivity index (χ4v) is 4.49. The van der Waals surface area contributed by atoms with Crippen molar-refractivity contribution in [2.75, 3.05) is 6.61 Å². The molecule has 176 valence electrons. The van der Waals surface area contributed by atoms with Crippen LogP contribution in [-0.2, 0) is 15.1 Å². The zero-order valence-electron chi connectivity index (χ0n) is 19.3. The molecule has 3 aromatic carbocycles. The van der Waals surface area contributed by atoms with Crippen molar-refractivity contribution in [1.29, 1.82) is 0 Å². The lowest BCUT2D eigenvalue weighted by Gasteiger charge is -2.36. The van der Waals surface area contributed by atoms with E-state index < -0.39 is 23.1 Å². The SMILES string of the molecule is Cc1cn([C@@H]2C=C[C@H](COC(c3ccccc3)(c3ccccc3)c3ccccc3)O2)c(=O)[nH]c1=O. The van der Waals surface area contributed by atoms with Crippen molar-refractivity contribution < 1.29 is 9.47 Å². The van der Waals surface area contributed by atoms with Crippen molar-refractivity contribution in [3.63, 3.8) is 0 Å². The molecular formula is C29H26N2O4. The van der Waals surface area contributed by atoms with Crippen molar-refractivity contribution in [2.24, 2.45) is 0 Å². The Balaban J connectivity index is 1.48. The van der Waals surface area contributed by atoms with Gasteiger partial charge in [-0.1, -0.05) is 97.1 Å². The largest absolute Gasteiger partial charge is 0.358 e. The standard InChI is InChI=1S/C29H26N2O4/c1-21-19-31(28(33)30-27(21)32)26-18-17-25(35-26)20-34-29(22-11-5-2-6-12-22,23-13-7-3-8-14-23)24-15-9-4-10-16-24/h2-19,25-26H,20H2,1H3,(H,30,32,33)/t25-,26+/m1/s1. The number of benzene rings is 3. The molecule has 0 unspecified atom stereocenters. The number of hydrogen-bond donors (Lipinski definition) is 1. The number of rotatable bonds is 7. The number of nitrogens with one attached hydrogen (secondary N) is 1. The molecule has 1 aliphatic heterocycles. The molecule has 0 aliphatic carbocycles. The maximum absolute atomic E-state index is 12.3. The van der Waals surface area contributed by atoms with Crippen LogP contribution in [0.4, 0.5) is 0 Å². The van der Waals surface area contributed by atoms with Crippen molar-refractivity contribution >= 4 is 0 Å². The summed E-state index contributed by atoms with van der Waals surface area (Å²) >= 11 is 0. The van der Waals surface area contributed by atoms with E-state index in [0.29, 0.717) is 5.56 Å². The van der Waals surface area contributed by atoms with E-state index >= 15 is 0 Å². The highest BCUT2D eigenvalue weighted by Crippen LogP contribution is 2.41. The van der Waals surface area contributed by atoms with Crippen molar-refractivity contribution in [3.8, 4) is 0 Å². The van der Waals surface area contributed by atoms with Gasteiger partial charge in [0.15, 0.2) is 6.23 Å². The molecule has 1 aromatic heterocycles. The fourth-order valence-electron chi connectivity index (χ4n) is 4.49. The predicted molar refractivity (Wildman–Crippen MR) is 134 cm³/mol. The van der Waals surface area contributed by atoms with E-state index in [1.165, 1.54) is 10.8 Å². The minimum atomic E-state index is -0.857. The maximum atomic E-state index is 12.3. The summed E-state index contributed by atoms with van der Waals surface area (Å²) in [4.78, 5) is 26.4. The first-order chi connectivity index (χ1) is 17.1. The monoisotopic (exact) mass is 466 g/mol. The average molecular weight is 467 g/mol. The van der Waals surface area contributed by atoms with Gasteiger partial charge in [0.1, 0.15) is 11.7 Å². The van der Waals surface area contributed by atoms with Gasteiger partial charge in [-0.2, -0.15) is 0 Å². The Labute approximate surface area is 203 Å². The summed E-state index contributed by atoms with van der Waals surface area (Å²) in [6.45, 7) is 1.91. The summed E-state index contributed by atoms with van der Waals surface area (Å²) in [5.41, 5.74) is 1.69. The zero-order chi connectivity index (χ0) is 24.3. The summed E-state index contributed by atoms with van der Waals surface area (Å²) in [6.07, 6.45) is 4.22. The first-order valence-corrected chi connectivity index (χ1v) is 11.5. The molecule has 5 rings (SSSR count). The molecule has 0 fully saturated rings. The van der Waals surface area contributed by atoms with Crippen LogP contribution in [0, 0.1) is 6.92 Å². The second kappa shape index (κ2) is 9.70. The van der Waals surface area contributed by atoms with E-state index in [9.17, 15) is 9.59 Å². The molecule has 0 bridgehead atoms. The Morgan fingerprint density at radius 1 is 0.829 bits per heavy atom. The van der Waals surface area contributed by atoms with Gasteiger partial charge in [0.2, 0.25) is 0 Å². The molecule has 2 heterocycles. The number of nitrogens with zero attached hydrogens (tertiary/aromatic N) is 1. The summed E-state index contributed by atoms with van der Waals surface area (Å²) in [5.74, 6) is 0. The Bertz CT molecular complexity index is 1330. The Hall–Kier alpha value is -4.00. The molecule has 0 radical (unpaired) electrons. The van der Waals surface area contributed by atoms with Crippen molar-refractivity contribution in [2.45, 2.75) is 24.9 Å². The third kappa shape index (κ3) is 4.41. The first-order valence-electron chi connectivity index (χ1n) is 11.5. The summed E-state index contributed by atoms with van der Waals surface area (Å²) in [6, 6.07) is 30.4. The van der Waals surface area contributed by atoms with Crippen LogP contribution < -0.4 is 11.2 Å². The van der Waals surface area contributed by atoms with E-state index in [1.54, 1.807) is 6.92 Å². The minimum Gasteiger partial charge on any atom is -0.358 e. The Morgan fingerprint density at radius 2 is 1.34 bits per heavy atom. The van der Waals surface area contributed by atoms with Crippen molar-refractivity contribution in [3.05, 3.63) is 152 Å². The number of aromatic nitrogens is 2. The van der Waals surface area contributed by atoms with Gasteiger partial charge in [-0.05, 0) is 29.7 Å². The van der Waals surface area contributed by atoms with Gasteiger partial charge >= 0.3 is 5.69 Å². The van der Waals surface area contributed by atoms with E-state index in [0.717, 1.165) is 16.7 Å². The van der Waals surface area contributed by atoms with Gasteiger partial charge in [0.05, 0.1) is 6.61 Å². The highest BCUT2D eigenvalue weighted by atomic mass is 16.6. The third-order valence-corrected chi connectivity index (χ3v) is 6.23. The van der Waals surface area contributed by atoms with Gasteiger partial charge in [-0.3, -0.25) is 14.3 Å². The van der Waals surface area contributed by atoms with Gasteiger partial charge < -0.3 is 9.47 Å². The Kier molecular flexibility index (Phi) is 6.31. The smallest absolute Gasteiger partial charge is 0.330 e. The normalized spacial score (nSPS) is 17.5. The Morgan fingerprint density at radius 3 is 1.86 bits per heavy atom. The van der Waals surface area contributed by atoms with Crippen LogP contribution in [0.25, 0.3) is 0 Å². The van der Waals surface area contributed by atoms with Crippen LogP contribution >= 0.6 is 0 Å². The van der Waals surface area contributed by atoms with E-state index in [1.807, 2.05) is 66.7 Å². The first kappa shape index (κ1) is 22.8. The van der Waals surface area contributed by atoms with Crippen LogP contribution in [0.5, 0.6) is 0 Å². The average Bonchev–Trinajstić information content (AvgIpc) is 3.37. The van der Waals surface area contributed by atoms with Crippen LogP contribution in [0.2, 0.25) is 0 Å². The van der Waals surface area contributed by atoms with Crippen LogP contribution in [0.3, 0.4) is 0 Å².